The Labute approximate surface area is 149 Å². The zero-order chi connectivity index (χ0) is 17.7. The van der Waals surface area contributed by atoms with Crippen molar-refractivity contribution in [3.8, 4) is 0 Å². The number of hydrogen-bond donors (Lipinski definition) is 1. The van der Waals surface area contributed by atoms with Gasteiger partial charge in [-0.05, 0) is 25.0 Å². The van der Waals surface area contributed by atoms with E-state index in [9.17, 15) is 4.79 Å². The molecule has 0 aromatic rings. The third kappa shape index (κ3) is 20.9. The molecule has 3 heteroatoms. The summed E-state index contributed by atoms with van der Waals surface area (Å²) in [5.41, 5.74) is 2.95. The molecule has 0 fully saturated rings. The van der Waals surface area contributed by atoms with E-state index in [1.807, 2.05) is 6.08 Å². The SMILES string of the molecule is CCCCCCCCCCCCCCOCC=C=CCCC(=O)O. The highest BCUT2D eigenvalue weighted by atomic mass is 16.5. The fourth-order valence-corrected chi connectivity index (χ4v) is 2.60. The van der Waals surface area contributed by atoms with Crippen molar-refractivity contribution in [3.63, 3.8) is 0 Å². The van der Waals surface area contributed by atoms with E-state index < -0.39 is 5.97 Å². The van der Waals surface area contributed by atoms with E-state index in [1.165, 1.54) is 70.6 Å². The summed E-state index contributed by atoms with van der Waals surface area (Å²) in [6.45, 7) is 3.65. The molecule has 24 heavy (non-hydrogen) atoms. The topological polar surface area (TPSA) is 46.5 Å². The van der Waals surface area contributed by atoms with E-state index in [2.05, 4.69) is 12.7 Å². The minimum absolute atomic E-state index is 0.167. The summed E-state index contributed by atoms with van der Waals surface area (Å²) in [5.74, 6) is -0.767. The second kappa shape index (κ2) is 20.0. The highest BCUT2D eigenvalue weighted by molar-refractivity contribution is 5.66. The normalized spacial score (nSPS) is 10.4. The zero-order valence-electron chi connectivity index (χ0n) is 15.7. The van der Waals surface area contributed by atoms with Gasteiger partial charge in [-0.2, -0.15) is 0 Å². The van der Waals surface area contributed by atoms with Crippen molar-refractivity contribution >= 4 is 5.97 Å². The lowest BCUT2D eigenvalue weighted by molar-refractivity contribution is -0.136. The molecule has 0 saturated heterocycles. The number of carbonyl (C=O) groups is 1. The summed E-state index contributed by atoms with van der Waals surface area (Å²) < 4.78 is 5.50. The number of ether oxygens (including phenoxy) is 1. The van der Waals surface area contributed by atoms with Crippen molar-refractivity contribution in [1.29, 1.82) is 0 Å². The van der Waals surface area contributed by atoms with E-state index in [-0.39, 0.29) is 6.42 Å². The summed E-state index contributed by atoms with van der Waals surface area (Å²) in [6.07, 6.45) is 20.6. The van der Waals surface area contributed by atoms with Gasteiger partial charge in [0.1, 0.15) is 0 Å². The van der Waals surface area contributed by atoms with Gasteiger partial charge in [-0.1, -0.05) is 77.6 Å². The first-order chi connectivity index (χ1) is 11.8. The Hall–Kier alpha value is -1.05. The molecule has 0 amide bonds. The maximum absolute atomic E-state index is 10.3. The Morgan fingerprint density at radius 2 is 1.42 bits per heavy atom. The van der Waals surface area contributed by atoms with E-state index in [0.29, 0.717) is 13.0 Å². The molecule has 0 aliphatic carbocycles. The van der Waals surface area contributed by atoms with Crippen LogP contribution < -0.4 is 0 Å². The van der Waals surface area contributed by atoms with E-state index in [1.54, 1.807) is 6.08 Å². The van der Waals surface area contributed by atoms with Crippen LogP contribution in [0, 0.1) is 0 Å². The number of carboxylic acid groups (broad SMARTS) is 1. The number of hydrogen-bond acceptors (Lipinski definition) is 2. The van der Waals surface area contributed by atoms with Gasteiger partial charge in [0.25, 0.3) is 0 Å². The highest BCUT2D eigenvalue weighted by Gasteiger charge is 1.93. The van der Waals surface area contributed by atoms with Crippen molar-refractivity contribution in [2.24, 2.45) is 0 Å². The average molecular weight is 339 g/mol. The minimum atomic E-state index is -0.767. The molecular weight excluding hydrogens is 300 g/mol. The van der Waals surface area contributed by atoms with Gasteiger partial charge >= 0.3 is 5.97 Å². The van der Waals surface area contributed by atoms with Crippen LogP contribution in [0.2, 0.25) is 0 Å². The van der Waals surface area contributed by atoms with Crippen LogP contribution in [-0.2, 0) is 9.53 Å². The van der Waals surface area contributed by atoms with Gasteiger partial charge in [-0.15, -0.1) is 5.73 Å². The zero-order valence-corrected chi connectivity index (χ0v) is 15.7. The fourth-order valence-electron chi connectivity index (χ4n) is 2.60. The molecule has 0 aromatic carbocycles. The summed E-state index contributed by atoms with van der Waals surface area (Å²) in [6, 6.07) is 0. The number of aliphatic carboxylic acids is 1. The molecule has 0 atom stereocenters. The van der Waals surface area contributed by atoms with Gasteiger partial charge in [0, 0.05) is 13.0 Å². The second-order valence-electron chi connectivity index (χ2n) is 6.47. The van der Waals surface area contributed by atoms with E-state index in [4.69, 9.17) is 9.84 Å². The lowest BCUT2D eigenvalue weighted by Crippen LogP contribution is -1.94. The molecule has 0 aromatic heterocycles. The molecule has 0 saturated carbocycles. The number of carboxylic acids is 1. The van der Waals surface area contributed by atoms with Crippen LogP contribution in [0.3, 0.4) is 0 Å². The van der Waals surface area contributed by atoms with Crippen LogP contribution in [0.5, 0.6) is 0 Å². The standard InChI is InChI=1S/C21H38O3/c1-2-3-4-5-6-7-8-9-10-11-13-16-19-24-20-17-14-12-15-18-21(22)23/h12,17H,2-11,13,15-16,18-20H2,1H3,(H,22,23). The summed E-state index contributed by atoms with van der Waals surface area (Å²) in [4.78, 5) is 10.3. The van der Waals surface area contributed by atoms with Crippen molar-refractivity contribution in [2.45, 2.75) is 96.8 Å². The minimum Gasteiger partial charge on any atom is -0.481 e. The quantitative estimate of drug-likeness (QED) is 0.236. The Balaban J connectivity index is 3.12. The molecule has 1 N–H and O–H groups in total. The van der Waals surface area contributed by atoms with Crippen LogP contribution >= 0.6 is 0 Å². The largest absolute Gasteiger partial charge is 0.481 e. The molecule has 0 bridgehead atoms. The first-order valence-electron chi connectivity index (χ1n) is 9.96. The first kappa shape index (κ1) is 22.9. The molecule has 0 radical (unpaired) electrons. The fraction of sp³-hybridized carbons (Fsp3) is 0.810. The average Bonchev–Trinajstić information content (AvgIpc) is 2.56. The predicted molar refractivity (Wildman–Crippen MR) is 101 cm³/mol. The van der Waals surface area contributed by atoms with Gasteiger partial charge in [0.2, 0.25) is 0 Å². The maximum atomic E-state index is 10.3. The van der Waals surface area contributed by atoms with Gasteiger partial charge in [-0.3, -0.25) is 4.79 Å². The summed E-state index contributed by atoms with van der Waals surface area (Å²) in [7, 11) is 0. The molecule has 3 nitrogen and oxygen atoms in total. The highest BCUT2D eigenvalue weighted by Crippen LogP contribution is 2.11. The van der Waals surface area contributed by atoms with Gasteiger partial charge < -0.3 is 9.84 Å². The van der Waals surface area contributed by atoms with Crippen LogP contribution in [0.4, 0.5) is 0 Å². The number of rotatable bonds is 18. The smallest absolute Gasteiger partial charge is 0.303 e. The van der Waals surface area contributed by atoms with Crippen molar-refractivity contribution in [2.75, 3.05) is 13.2 Å². The summed E-state index contributed by atoms with van der Waals surface area (Å²) in [5, 5.41) is 8.47. The van der Waals surface area contributed by atoms with E-state index in [0.717, 1.165) is 13.0 Å². The Kier molecular flexibility index (Phi) is 19.1. The van der Waals surface area contributed by atoms with Crippen LogP contribution in [0.25, 0.3) is 0 Å². The van der Waals surface area contributed by atoms with Crippen molar-refractivity contribution in [1.82, 2.24) is 0 Å². The third-order valence-corrected chi connectivity index (χ3v) is 4.08. The first-order valence-corrected chi connectivity index (χ1v) is 9.96. The lowest BCUT2D eigenvalue weighted by atomic mass is 10.1. The van der Waals surface area contributed by atoms with Crippen LogP contribution in [0.15, 0.2) is 17.9 Å². The Morgan fingerprint density at radius 1 is 0.875 bits per heavy atom. The predicted octanol–water partition coefficient (Wildman–Crippen LogP) is 6.28. The monoisotopic (exact) mass is 338 g/mol. The third-order valence-electron chi connectivity index (χ3n) is 4.08. The Bertz CT molecular complexity index is 330. The molecule has 0 heterocycles. The van der Waals surface area contributed by atoms with Crippen molar-refractivity contribution < 1.29 is 14.6 Å². The Morgan fingerprint density at radius 3 is 1.96 bits per heavy atom. The number of unbranched alkanes of at least 4 members (excludes halogenated alkanes) is 11. The van der Waals surface area contributed by atoms with Gasteiger partial charge in [0.15, 0.2) is 0 Å². The van der Waals surface area contributed by atoms with Crippen LogP contribution in [0.1, 0.15) is 96.8 Å². The summed E-state index contributed by atoms with van der Waals surface area (Å²) >= 11 is 0. The maximum Gasteiger partial charge on any atom is 0.303 e. The van der Waals surface area contributed by atoms with Gasteiger partial charge in [0.05, 0.1) is 6.61 Å². The van der Waals surface area contributed by atoms with E-state index >= 15 is 0 Å². The van der Waals surface area contributed by atoms with Gasteiger partial charge in [-0.25, -0.2) is 0 Å². The lowest BCUT2D eigenvalue weighted by Gasteiger charge is -2.03. The molecule has 0 spiro atoms. The molecule has 0 aliphatic rings. The second-order valence-corrected chi connectivity index (χ2v) is 6.47. The molecule has 0 unspecified atom stereocenters. The molecule has 0 rings (SSSR count). The molecular formula is C21H38O3. The van der Waals surface area contributed by atoms with Crippen molar-refractivity contribution in [3.05, 3.63) is 17.9 Å². The van der Waals surface area contributed by atoms with Crippen LogP contribution in [-0.4, -0.2) is 24.3 Å². The molecule has 0 aliphatic heterocycles. The molecule has 140 valence electrons.